The van der Waals surface area contributed by atoms with Crippen molar-refractivity contribution in [2.45, 2.75) is 38.9 Å². The number of benzene rings is 1. The van der Waals surface area contributed by atoms with Gasteiger partial charge in [-0.3, -0.25) is 0 Å². The van der Waals surface area contributed by atoms with Crippen LogP contribution in [0.2, 0.25) is 0 Å². The molecule has 100 valence electrons. The molecule has 0 amide bonds. The molecule has 1 aromatic carbocycles. The van der Waals surface area contributed by atoms with Crippen LogP contribution in [0.15, 0.2) is 30.3 Å². The normalized spacial score (nSPS) is 23.6. The smallest absolute Gasteiger partial charge is 0.489 e. The highest BCUT2D eigenvalue weighted by atomic mass is 16.7. The lowest BCUT2D eigenvalue weighted by Crippen LogP contribution is -2.41. The van der Waals surface area contributed by atoms with Gasteiger partial charge in [-0.25, -0.2) is 0 Å². The van der Waals surface area contributed by atoms with Crippen molar-refractivity contribution < 1.29 is 14.0 Å². The van der Waals surface area contributed by atoms with Gasteiger partial charge in [-0.15, -0.1) is 0 Å². The fourth-order valence-electron chi connectivity index (χ4n) is 2.36. The van der Waals surface area contributed by atoms with Crippen LogP contribution in [0.25, 0.3) is 5.47 Å². The Morgan fingerprint density at radius 3 is 2.32 bits per heavy atom. The maximum Gasteiger partial charge on any atom is 0.495 e. The van der Waals surface area contributed by atoms with E-state index < -0.39 is 0 Å². The zero-order valence-corrected chi connectivity index (χ0v) is 11.9. The summed E-state index contributed by atoms with van der Waals surface area (Å²) < 4.78 is 17.9. The van der Waals surface area contributed by atoms with E-state index in [1.54, 1.807) is 0 Å². The fourth-order valence-corrected chi connectivity index (χ4v) is 2.36. The first-order chi connectivity index (χ1) is 8.91. The van der Waals surface area contributed by atoms with E-state index in [1.165, 1.54) is 0 Å². The Labute approximate surface area is 114 Å². The highest BCUT2D eigenvalue weighted by Gasteiger charge is 2.53. The van der Waals surface area contributed by atoms with Crippen molar-refractivity contribution in [2.75, 3.05) is 6.61 Å². The van der Waals surface area contributed by atoms with E-state index in [2.05, 4.69) is 27.7 Å². The molecule has 0 aromatic heterocycles. The van der Waals surface area contributed by atoms with Crippen molar-refractivity contribution in [3.05, 3.63) is 35.9 Å². The minimum atomic E-state index is -0.324. The van der Waals surface area contributed by atoms with Gasteiger partial charge in [0.2, 0.25) is 0 Å². The Bertz CT molecular complexity index is 518. The van der Waals surface area contributed by atoms with Crippen LogP contribution >= 0.6 is 0 Å². The first-order valence-corrected chi connectivity index (χ1v) is 6.69. The Morgan fingerprint density at radius 1 is 1.00 bits per heavy atom. The lowest BCUT2D eigenvalue weighted by atomic mass is 9.73. The Hall–Kier alpha value is -1.26. The van der Waals surface area contributed by atoms with Crippen LogP contribution in [-0.2, 0) is 9.31 Å². The molecule has 2 aliphatic rings. The molecule has 0 saturated carbocycles. The fraction of sp³-hybridized carbons (Fsp3) is 0.467. The Balaban J connectivity index is 1.95. The zero-order valence-electron chi connectivity index (χ0n) is 11.9. The van der Waals surface area contributed by atoms with E-state index >= 15 is 0 Å². The molecule has 0 bridgehead atoms. The van der Waals surface area contributed by atoms with Crippen molar-refractivity contribution in [3.8, 4) is 5.75 Å². The quantitative estimate of drug-likeness (QED) is 0.724. The minimum absolute atomic E-state index is 0.314. The summed E-state index contributed by atoms with van der Waals surface area (Å²) in [6.45, 7) is 8.84. The third kappa shape index (κ3) is 1.99. The zero-order chi connectivity index (χ0) is 13.7. The molecule has 1 aromatic rings. The highest BCUT2D eigenvalue weighted by Crippen LogP contribution is 2.42. The van der Waals surface area contributed by atoms with E-state index in [9.17, 15) is 0 Å². The monoisotopic (exact) mass is 258 g/mol. The van der Waals surface area contributed by atoms with Gasteiger partial charge in [0.25, 0.3) is 0 Å². The SMILES string of the molecule is CC1(C)OB(C2=CCOc3ccccc32)OC1(C)C. The summed E-state index contributed by atoms with van der Waals surface area (Å²) in [5.74, 6) is 0.898. The summed E-state index contributed by atoms with van der Waals surface area (Å²) in [6, 6.07) is 8.01. The molecular formula is C15H19BO3. The highest BCUT2D eigenvalue weighted by molar-refractivity contribution is 6.69. The number of hydrogen-bond acceptors (Lipinski definition) is 3. The topological polar surface area (TPSA) is 27.7 Å². The second-order valence-electron chi connectivity index (χ2n) is 6.05. The molecule has 4 heteroatoms. The first-order valence-electron chi connectivity index (χ1n) is 6.69. The minimum Gasteiger partial charge on any atom is -0.489 e. The third-order valence-electron chi connectivity index (χ3n) is 4.25. The number of rotatable bonds is 1. The van der Waals surface area contributed by atoms with Crippen LogP contribution < -0.4 is 4.74 Å². The number of hydrogen-bond donors (Lipinski definition) is 0. The maximum absolute atomic E-state index is 6.11. The second-order valence-corrected chi connectivity index (χ2v) is 6.05. The van der Waals surface area contributed by atoms with Crippen LogP contribution in [0.1, 0.15) is 33.3 Å². The summed E-state index contributed by atoms with van der Waals surface area (Å²) >= 11 is 0. The largest absolute Gasteiger partial charge is 0.495 e. The van der Waals surface area contributed by atoms with Gasteiger partial charge in [-0.05, 0) is 45.3 Å². The van der Waals surface area contributed by atoms with Gasteiger partial charge in [-0.2, -0.15) is 0 Å². The van der Waals surface area contributed by atoms with Gasteiger partial charge in [0.05, 0.1) is 11.2 Å². The van der Waals surface area contributed by atoms with Gasteiger partial charge in [-0.1, -0.05) is 18.2 Å². The number of fused-ring (bicyclic) bond motifs is 1. The Kier molecular flexibility index (Phi) is 2.77. The molecular weight excluding hydrogens is 239 g/mol. The summed E-state index contributed by atoms with van der Waals surface area (Å²) in [4.78, 5) is 0. The average molecular weight is 258 g/mol. The van der Waals surface area contributed by atoms with Crippen molar-refractivity contribution in [1.29, 1.82) is 0 Å². The molecule has 2 heterocycles. The van der Waals surface area contributed by atoms with E-state index in [4.69, 9.17) is 14.0 Å². The predicted molar refractivity (Wildman–Crippen MR) is 76.0 cm³/mol. The molecule has 0 atom stereocenters. The van der Waals surface area contributed by atoms with Gasteiger partial charge in [0, 0.05) is 5.56 Å². The van der Waals surface area contributed by atoms with Gasteiger partial charge < -0.3 is 14.0 Å². The van der Waals surface area contributed by atoms with Crippen LogP contribution in [0.5, 0.6) is 5.75 Å². The van der Waals surface area contributed by atoms with E-state index in [1.807, 2.05) is 30.3 Å². The van der Waals surface area contributed by atoms with Crippen molar-refractivity contribution in [3.63, 3.8) is 0 Å². The molecule has 1 fully saturated rings. The summed E-state index contributed by atoms with van der Waals surface area (Å²) in [5, 5.41) is 0. The van der Waals surface area contributed by atoms with E-state index in [-0.39, 0.29) is 18.3 Å². The number of para-hydroxylation sites is 1. The average Bonchev–Trinajstić information content (AvgIpc) is 2.58. The molecule has 0 unspecified atom stereocenters. The molecule has 3 nitrogen and oxygen atoms in total. The molecule has 2 aliphatic heterocycles. The molecule has 3 rings (SSSR count). The standard InChI is InChI=1S/C15H19BO3/c1-14(2)15(3,4)19-16(18-14)12-9-10-17-13-8-6-5-7-11(12)13/h5-9H,10H2,1-4H3. The van der Waals surface area contributed by atoms with Crippen LogP contribution in [0, 0.1) is 0 Å². The Morgan fingerprint density at radius 2 is 1.63 bits per heavy atom. The van der Waals surface area contributed by atoms with Crippen LogP contribution in [0.4, 0.5) is 0 Å². The lowest BCUT2D eigenvalue weighted by molar-refractivity contribution is 0.00578. The molecule has 0 N–H and O–H groups in total. The van der Waals surface area contributed by atoms with Gasteiger partial charge >= 0.3 is 7.12 Å². The molecule has 19 heavy (non-hydrogen) atoms. The second kappa shape index (κ2) is 4.12. The van der Waals surface area contributed by atoms with E-state index in [0.29, 0.717) is 6.61 Å². The third-order valence-corrected chi connectivity index (χ3v) is 4.25. The maximum atomic E-state index is 6.11. The van der Waals surface area contributed by atoms with Crippen molar-refractivity contribution in [1.82, 2.24) is 0 Å². The summed E-state index contributed by atoms with van der Waals surface area (Å²) in [5.41, 5.74) is 1.50. The van der Waals surface area contributed by atoms with Crippen molar-refractivity contribution in [2.24, 2.45) is 0 Å². The summed E-state index contributed by atoms with van der Waals surface area (Å²) in [7, 11) is -0.324. The van der Waals surface area contributed by atoms with E-state index in [0.717, 1.165) is 16.8 Å². The molecule has 0 spiro atoms. The molecule has 0 aliphatic carbocycles. The van der Waals surface area contributed by atoms with Crippen LogP contribution in [0.3, 0.4) is 0 Å². The van der Waals surface area contributed by atoms with Crippen LogP contribution in [-0.4, -0.2) is 24.9 Å². The predicted octanol–water partition coefficient (Wildman–Crippen LogP) is 3.09. The number of ether oxygens (including phenoxy) is 1. The molecule has 0 radical (unpaired) electrons. The first kappa shape index (κ1) is 12.8. The van der Waals surface area contributed by atoms with Gasteiger partial charge in [0.15, 0.2) is 0 Å². The van der Waals surface area contributed by atoms with Gasteiger partial charge in [0.1, 0.15) is 12.4 Å². The lowest BCUT2D eigenvalue weighted by Gasteiger charge is -2.32. The molecule has 1 saturated heterocycles. The van der Waals surface area contributed by atoms with Crippen molar-refractivity contribution >= 4 is 12.6 Å². The summed E-state index contributed by atoms with van der Waals surface area (Å²) in [6.07, 6.45) is 2.05.